The highest BCUT2D eigenvalue weighted by molar-refractivity contribution is 7.89. The minimum absolute atomic E-state index is 0.185. The van der Waals surface area contributed by atoms with Gasteiger partial charge in [0.15, 0.2) is 0 Å². The molecule has 1 atom stereocenters. The van der Waals surface area contributed by atoms with Crippen LogP contribution in [0, 0.1) is 6.92 Å². The summed E-state index contributed by atoms with van der Waals surface area (Å²) in [7, 11) is -0.190. The molecule has 1 aliphatic heterocycles. The topological polar surface area (TPSA) is 102 Å². The lowest BCUT2D eigenvalue weighted by Crippen LogP contribution is -2.42. The first-order valence-corrected chi connectivity index (χ1v) is 8.98. The van der Waals surface area contributed by atoms with Crippen molar-refractivity contribution in [1.29, 1.82) is 0 Å². The molecule has 0 aliphatic carbocycles. The summed E-state index contributed by atoms with van der Waals surface area (Å²) < 4.78 is 34.5. The monoisotopic (exact) mass is 352 g/mol. The largest absolute Gasteiger partial charge is 0.372 e. The molecule has 0 spiro atoms. The van der Waals surface area contributed by atoms with Crippen molar-refractivity contribution in [2.75, 3.05) is 32.1 Å². The zero-order valence-electron chi connectivity index (χ0n) is 13.8. The standard InChI is InChI=1S/C14H20N6O3S/c1-10-12(9-19(3)18-10)24(21,22)20-6-7-23-11(8-20)13-14(15-2)17-5-4-16-13/h4-5,9,11H,6-8H2,1-3H3,(H,15,17). The fourth-order valence-electron chi connectivity index (χ4n) is 2.76. The molecule has 9 nitrogen and oxygen atoms in total. The molecule has 1 unspecified atom stereocenters. The van der Waals surface area contributed by atoms with Crippen LogP contribution >= 0.6 is 0 Å². The van der Waals surface area contributed by atoms with E-state index in [0.29, 0.717) is 30.4 Å². The molecule has 0 amide bonds. The summed E-state index contributed by atoms with van der Waals surface area (Å²) in [5.74, 6) is 0.583. The van der Waals surface area contributed by atoms with E-state index in [1.807, 2.05) is 0 Å². The Kier molecular flexibility index (Phi) is 4.52. The molecular weight excluding hydrogens is 332 g/mol. The van der Waals surface area contributed by atoms with E-state index >= 15 is 0 Å². The van der Waals surface area contributed by atoms with Crippen LogP contribution in [0.15, 0.2) is 23.5 Å². The van der Waals surface area contributed by atoms with Crippen molar-refractivity contribution in [3.05, 3.63) is 30.0 Å². The van der Waals surface area contributed by atoms with Crippen molar-refractivity contribution in [2.45, 2.75) is 17.9 Å². The smallest absolute Gasteiger partial charge is 0.246 e. The van der Waals surface area contributed by atoms with Gasteiger partial charge in [-0.3, -0.25) is 9.67 Å². The number of hydrogen-bond acceptors (Lipinski definition) is 7. The summed E-state index contributed by atoms with van der Waals surface area (Å²) in [6.45, 7) is 2.46. The quantitative estimate of drug-likeness (QED) is 0.845. The highest BCUT2D eigenvalue weighted by Crippen LogP contribution is 2.28. The molecule has 10 heteroatoms. The zero-order valence-corrected chi connectivity index (χ0v) is 14.6. The third-order valence-corrected chi connectivity index (χ3v) is 5.85. The number of anilines is 1. The van der Waals surface area contributed by atoms with Gasteiger partial charge in [-0.05, 0) is 6.92 Å². The van der Waals surface area contributed by atoms with Gasteiger partial charge in [0.2, 0.25) is 10.0 Å². The van der Waals surface area contributed by atoms with E-state index in [1.54, 1.807) is 33.4 Å². The molecule has 0 saturated carbocycles. The van der Waals surface area contributed by atoms with Crippen molar-refractivity contribution >= 4 is 15.8 Å². The minimum Gasteiger partial charge on any atom is -0.372 e. The average molecular weight is 352 g/mol. The molecule has 24 heavy (non-hydrogen) atoms. The van der Waals surface area contributed by atoms with Gasteiger partial charge in [0.1, 0.15) is 22.5 Å². The molecule has 1 fully saturated rings. The van der Waals surface area contributed by atoms with E-state index in [2.05, 4.69) is 20.4 Å². The van der Waals surface area contributed by atoms with Crippen LogP contribution in [0.4, 0.5) is 5.82 Å². The molecule has 3 rings (SSSR count). The van der Waals surface area contributed by atoms with Crippen LogP contribution in [-0.4, -0.2) is 59.2 Å². The Balaban J connectivity index is 1.89. The predicted molar refractivity (Wildman–Crippen MR) is 87.0 cm³/mol. The molecule has 1 saturated heterocycles. The molecule has 0 radical (unpaired) electrons. The maximum Gasteiger partial charge on any atom is 0.246 e. The lowest BCUT2D eigenvalue weighted by atomic mass is 10.2. The van der Waals surface area contributed by atoms with Gasteiger partial charge in [0.05, 0.1) is 12.3 Å². The van der Waals surface area contributed by atoms with E-state index in [-0.39, 0.29) is 11.4 Å². The average Bonchev–Trinajstić information content (AvgIpc) is 2.94. The molecule has 1 aliphatic rings. The van der Waals surface area contributed by atoms with E-state index in [4.69, 9.17) is 4.74 Å². The number of morpholine rings is 1. The molecule has 0 bridgehead atoms. The van der Waals surface area contributed by atoms with Crippen LogP contribution in [-0.2, 0) is 21.8 Å². The van der Waals surface area contributed by atoms with Gasteiger partial charge in [-0.1, -0.05) is 0 Å². The lowest BCUT2D eigenvalue weighted by molar-refractivity contribution is -0.00469. The van der Waals surface area contributed by atoms with Gasteiger partial charge >= 0.3 is 0 Å². The first-order valence-electron chi connectivity index (χ1n) is 7.54. The Morgan fingerprint density at radius 3 is 2.75 bits per heavy atom. The van der Waals surface area contributed by atoms with Crippen LogP contribution in [0.3, 0.4) is 0 Å². The molecule has 2 aromatic rings. The highest BCUT2D eigenvalue weighted by atomic mass is 32.2. The van der Waals surface area contributed by atoms with E-state index in [1.165, 1.54) is 15.2 Å². The first-order chi connectivity index (χ1) is 11.4. The lowest BCUT2D eigenvalue weighted by Gasteiger charge is -2.32. The predicted octanol–water partition coefficient (Wildman–Crippen LogP) is 0.322. The van der Waals surface area contributed by atoms with Crippen LogP contribution < -0.4 is 5.32 Å². The first kappa shape index (κ1) is 16.8. The highest BCUT2D eigenvalue weighted by Gasteiger charge is 2.34. The van der Waals surface area contributed by atoms with Gasteiger partial charge in [-0.25, -0.2) is 13.4 Å². The molecule has 0 aromatic carbocycles. The van der Waals surface area contributed by atoms with Crippen molar-refractivity contribution in [1.82, 2.24) is 24.1 Å². The summed E-state index contributed by atoms with van der Waals surface area (Å²) in [6, 6.07) is 0. The number of sulfonamides is 1. The Labute approximate surface area is 140 Å². The second-order valence-corrected chi connectivity index (χ2v) is 7.42. The second kappa shape index (κ2) is 6.46. The SMILES string of the molecule is CNc1nccnc1C1CN(S(=O)(=O)c2cn(C)nc2C)CCO1. The third-order valence-electron chi connectivity index (χ3n) is 3.88. The Morgan fingerprint density at radius 2 is 2.08 bits per heavy atom. The van der Waals surface area contributed by atoms with E-state index in [0.717, 1.165) is 0 Å². The molecule has 1 N–H and O–H groups in total. The number of ether oxygens (including phenoxy) is 1. The van der Waals surface area contributed by atoms with Crippen molar-refractivity contribution in [2.24, 2.45) is 7.05 Å². The van der Waals surface area contributed by atoms with Crippen molar-refractivity contribution < 1.29 is 13.2 Å². The molecular formula is C14H20N6O3S. The fraction of sp³-hybridized carbons (Fsp3) is 0.500. The van der Waals surface area contributed by atoms with Crippen molar-refractivity contribution in [3.8, 4) is 0 Å². The number of aryl methyl sites for hydroxylation is 2. The summed E-state index contributed by atoms with van der Waals surface area (Å²) in [6.07, 6.45) is 4.20. The van der Waals surface area contributed by atoms with Crippen LogP contribution in [0.1, 0.15) is 17.5 Å². The zero-order chi connectivity index (χ0) is 17.3. The van der Waals surface area contributed by atoms with Crippen LogP contribution in [0.2, 0.25) is 0 Å². The number of rotatable bonds is 4. The normalized spacial score (nSPS) is 19.4. The Bertz CT molecular complexity index is 835. The van der Waals surface area contributed by atoms with Gasteiger partial charge < -0.3 is 10.1 Å². The molecule has 130 valence electrons. The summed E-state index contributed by atoms with van der Waals surface area (Å²) in [5.41, 5.74) is 1.08. The number of aromatic nitrogens is 4. The van der Waals surface area contributed by atoms with Gasteiger partial charge in [0, 0.05) is 45.8 Å². The van der Waals surface area contributed by atoms with Gasteiger partial charge in [-0.2, -0.15) is 9.40 Å². The van der Waals surface area contributed by atoms with Crippen LogP contribution in [0.25, 0.3) is 0 Å². The molecule has 2 aromatic heterocycles. The third kappa shape index (κ3) is 2.99. The Hall–Kier alpha value is -2.04. The number of hydrogen-bond donors (Lipinski definition) is 1. The maximum absolute atomic E-state index is 12.9. The maximum atomic E-state index is 12.9. The summed E-state index contributed by atoms with van der Waals surface area (Å²) in [5, 5.41) is 7.08. The number of nitrogens with zero attached hydrogens (tertiary/aromatic N) is 5. The van der Waals surface area contributed by atoms with Gasteiger partial charge in [0.25, 0.3) is 0 Å². The number of nitrogens with one attached hydrogen (secondary N) is 1. The summed E-state index contributed by atoms with van der Waals surface area (Å²) >= 11 is 0. The summed E-state index contributed by atoms with van der Waals surface area (Å²) in [4.78, 5) is 8.72. The van der Waals surface area contributed by atoms with E-state index in [9.17, 15) is 8.42 Å². The molecule has 3 heterocycles. The second-order valence-electron chi connectivity index (χ2n) is 5.52. The van der Waals surface area contributed by atoms with Crippen LogP contribution in [0.5, 0.6) is 0 Å². The van der Waals surface area contributed by atoms with E-state index < -0.39 is 16.1 Å². The van der Waals surface area contributed by atoms with Crippen molar-refractivity contribution in [3.63, 3.8) is 0 Å². The minimum atomic E-state index is -3.63. The Morgan fingerprint density at radius 1 is 1.33 bits per heavy atom. The van der Waals surface area contributed by atoms with Gasteiger partial charge in [-0.15, -0.1) is 0 Å². The fourth-order valence-corrected chi connectivity index (χ4v) is 4.38.